The molecule has 51 heavy (non-hydrogen) atoms. The predicted octanol–water partition coefficient (Wildman–Crippen LogP) is 12.2. The van der Waals surface area contributed by atoms with E-state index in [9.17, 15) is 0 Å². The molecule has 11 aromatic rings. The third-order valence-corrected chi connectivity index (χ3v) is 9.77. The van der Waals surface area contributed by atoms with E-state index in [1.165, 1.54) is 0 Å². The molecule has 4 aromatic heterocycles. The number of hydrogen-bond donors (Lipinski definition) is 0. The third kappa shape index (κ3) is 4.20. The molecular formula is C45H25N3O3. The van der Waals surface area contributed by atoms with Crippen molar-refractivity contribution < 1.29 is 13.3 Å². The van der Waals surface area contributed by atoms with E-state index in [0.717, 1.165) is 93.6 Å². The van der Waals surface area contributed by atoms with Gasteiger partial charge >= 0.3 is 0 Å². The van der Waals surface area contributed by atoms with Gasteiger partial charge < -0.3 is 13.3 Å². The van der Waals surface area contributed by atoms with Crippen LogP contribution in [0, 0.1) is 0 Å². The fourth-order valence-electron chi connectivity index (χ4n) is 7.53. The van der Waals surface area contributed by atoms with Gasteiger partial charge in [0.15, 0.2) is 17.5 Å². The lowest BCUT2D eigenvalue weighted by molar-refractivity contribution is 0.668. The predicted molar refractivity (Wildman–Crippen MR) is 203 cm³/mol. The van der Waals surface area contributed by atoms with Crippen LogP contribution < -0.4 is 0 Å². The molecule has 0 amide bonds. The van der Waals surface area contributed by atoms with E-state index in [4.69, 9.17) is 28.2 Å². The molecule has 0 N–H and O–H groups in total. The molecule has 6 nitrogen and oxygen atoms in total. The maximum Gasteiger partial charge on any atom is 0.167 e. The molecule has 0 fully saturated rings. The Bertz CT molecular complexity index is 3150. The van der Waals surface area contributed by atoms with E-state index < -0.39 is 0 Å². The molecular weight excluding hydrogens is 631 g/mol. The quantitative estimate of drug-likeness (QED) is 0.188. The van der Waals surface area contributed by atoms with E-state index in [1.54, 1.807) is 0 Å². The van der Waals surface area contributed by atoms with Crippen molar-refractivity contribution in [1.82, 2.24) is 15.0 Å². The zero-order valence-corrected chi connectivity index (χ0v) is 27.0. The molecule has 6 heteroatoms. The van der Waals surface area contributed by atoms with Crippen LogP contribution in [0.5, 0.6) is 0 Å². The molecule has 238 valence electrons. The van der Waals surface area contributed by atoms with E-state index >= 15 is 0 Å². The highest BCUT2D eigenvalue weighted by Crippen LogP contribution is 2.45. The third-order valence-electron chi connectivity index (χ3n) is 9.77. The van der Waals surface area contributed by atoms with Gasteiger partial charge in [0, 0.05) is 43.4 Å². The van der Waals surface area contributed by atoms with Crippen LogP contribution in [0.4, 0.5) is 0 Å². The Morgan fingerprint density at radius 1 is 0.294 bits per heavy atom. The van der Waals surface area contributed by atoms with Gasteiger partial charge in [-0.1, -0.05) is 115 Å². The van der Waals surface area contributed by atoms with Crippen LogP contribution in [-0.2, 0) is 0 Å². The smallest absolute Gasteiger partial charge is 0.167 e. The normalized spacial score (nSPS) is 11.9. The zero-order chi connectivity index (χ0) is 33.5. The summed E-state index contributed by atoms with van der Waals surface area (Å²) >= 11 is 0. The number of aromatic nitrogens is 3. The average Bonchev–Trinajstić information content (AvgIpc) is 3.89. The Morgan fingerprint density at radius 2 is 0.765 bits per heavy atom. The minimum atomic E-state index is 0.531. The minimum absolute atomic E-state index is 0.531. The number of para-hydroxylation sites is 3. The van der Waals surface area contributed by atoms with Crippen molar-refractivity contribution in [3.63, 3.8) is 0 Å². The molecule has 4 heterocycles. The number of fused-ring (bicyclic) bond motifs is 9. The van der Waals surface area contributed by atoms with Gasteiger partial charge in [0.1, 0.15) is 33.5 Å². The topological polar surface area (TPSA) is 78.1 Å². The molecule has 0 saturated carbocycles. The maximum atomic E-state index is 6.57. The van der Waals surface area contributed by atoms with Gasteiger partial charge in [-0.3, -0.25) is 0 Å². The largest absolute Gasteiger partial charge is 0.456 e. The Balaban J connectivity index is 1.21. The van der Waals surface area contributed by atoms with Crippen molar-refractivity contribution in [3.05, 3.63) is 152 Å². The minimum Gasteiger partial charge on any atom is -0.456 e. The van der Waals surface area contributed by atoms with Gasteiger partial charge in [0.2, 0.25) is 0 Å². The SMILES string of the molecule is c1ccc(-c2nc(-c3cccc4c3oc3ccccc34)nc(-c3cccc4oc5cccc(-c6cccc7oc8ccccc8c67)c5c34)n2)cc1. The Morgan fingerprint density at radius 3 is 1.53 bits per heavy atom. The number of benzene rings is 7. The summed E-state index contributed by atoms with van der Waals surface area (Å²) in [5.74, 6) is 1.65. The van der Waals surface area contributed by atoms with Gasteiger partial charge in [-0.15, -0.1) is 0 Å². The summed E-state index contributed by atoms with van der Waals surface area (Å²) in [6.07, 6.45) is 0. The average molecular weight is 656 g/mol. The fourth-order valence-corrected chi connectivity index (χ4v) is 7.53. The molecule has 0 unspecified atom stereocenters. The lowest BCUT2D eigenvalue weighted by Crippen LogP contribution is -2.00. The summed E-state index contributed by atoms with van der Waals surface area (Å²) in [4.78, 5) is 15.4. The molecule has 0 aliphatic carbocycles. The molecule has 11 rings (SSSR count). The first-order valence-corrected chi connectivity index (χ1v) is 16.9. The van der Waals surface area contributed by atoms with E-state index in [1.807, 2.05) is 109 Å². The van der Waals surface area contributed by atoms with Crippen LogP contribution in [0.15, 0.2) is 165 Å². The number of rotatable bonds is 4. The summed E-state index contributed by atoms with van der Waals surface area (Å²) in [5.41, 5.74) is 9.44. The van der Waals surface area contributed by atoms with Crippen molar-refractivity contribution in [1.29, 1.82) is 0 Å². The highest BCUT2D eigenvalue weighted by Gasteiger charge is 2.23. The van der Waals surface area contributed by atoms with Gasteiger partial charge in [-0.2, -0.15) is 0 Å². The summed E-state index contributed by atoms with van der Waals surface area (Å²) in [6, 6.07) is 50.9. The van der Waals surface area contributed by atoms with Crippen molar-refractivity contribution in [3.8, 4) is 45.3 Å². The molecule has 0 aliphatic heterocycles. The van der Waals surface area contributed by atoms with Gasteiger partial charge in [0.25, 0.3) is 0 Å². The Labute approximate surface area is 290 Å². The second-order valence-corrected chi connectivity index (χ2v) is 12.7. The molecule has 0 saturated heterocycles. The summed E-state index contributed by atoms with van der Waals surface area (Å²) in [7, 11) is 0. The number of hydrogen-bond acceptors (Lipinski definition) is 6. The zero-order valence-electron chi connectivity index (χ0n) is 27.0. The summed E-state index contributed by atoms with van der Waals surface area (Å²) < 4.78 is 19.3. The maximum absolute atomic E-state index is 6.57. The van der Waals surface area contributed by atoms with Gasteiger partial charge in [-0.25, -0.2) is 15.0 Å². The standard InChI is InChI=1S/C45H25N3O3/c1-2-12-26(13-3-1)43-46-44(48-45(47-43)33-20-8-18-30-27-14-4-6-21-34(27)51-42(30)33)32-19-11-25-38-41(32)40-29(17-10-24-37(40)50-38)28-16-9-23-36-39(28)31-15-5-7-22-35(31)49-36/h1-25H. The van der Waals surface area contributed by atoms with Crippen LogP contribution in [0.3, 0.4) is 0 Å². The van der Waals surface area contributed by atoms with E-state index in [2.05, 4.69) is 42.5 Å². The first-order valence-electron chi connectivity index (χ1n) is 16.9. The van der Waals surface area contributed by atoms with Crippen molar-refractivity contribution in [2.75, 3.05) is 0 Å². The number of furan rings is 3. The lowest BCUT2D eigenvalue weighted by Gasteiger charge is -2.10. The molecule has 0 spiro atoms. The highest BCUT2D eigenvalue weighted by molar-refractivity contribution is 6.22. The van der Waals surface area contributed by atoms with Crippen LogP contribution in [0.1, 0.15) is 0 Å². The van der Waals surface area contributed by atoms with Crippen LogP contribution in [0.25, 0.3) is 111 Å². The van der Waals surface area contributed by atoms with Crippen molar-refractivity contribution in [2.24, 2.45) is 0 Å². The molecule has 0 radical (unpaired) electrons. The monoisotopic (exact) mass is 655 g/mol. The molecule has 0 atom stereocenters. The van der Waals surface area contributed by atoms with Crippen LogP contribution in [0.2, 0.25) is 0 Å². The van der Waals surface area contributed by atoms with Crippen LogP contribution in [-0.4, -0.2) is 15.0 Å². The molecule has 7 aromatic carbocycles. The van der Waals surface area contributed by atoms with Gasteiger partial charge in [-0.05, 0) is 47.5 Å². The highest BCUT2D eigenvalue weighted by atomic mass is 16.3. The molecule has 0 bridgehead atoms. The molecule has 0 aliphatic rings. The number of nitrogens with zero attached hydrogens (tertiary/aromatic N) is 3. The first-order chi connectivity index (χ1) is 25.3. The van der Waals surface area contributed by atoms with Crippen molar-refractivity contribution in [2.45, 2.75) is 0 Å². The van der Waals surface area contributed by atoms with Crippen molar-refractivity contribution >= 4 is 65.8 Å². The summed E-state index contributed by atoms with van der Waals surface area (Å²) in [6.45, 7) is 0. The Hall–Kier alpha value is -7.05. The summed E-state index contributed by atoms with van der Waals surface area (Å²) in [5, 5.41) is 6.13. The first kappa shape index (κ1) is 27.9. The second kappa shape index (κ2) is 10.7. The van der Waals surface area contributed by atoms with Crippen LogP contribution >= 0.6 is 0 Å². The van der Waals surface area contributed by atoms with E-state index in [-0.39, 0.29) is 0 Å². The van der Waals surface area contributed by atoms with E-state index in [0.29, 0.717) is 17.5 Å². The lowest BCUT2D eigenvalue weighted by atomic mass is 9.94. The fraction of sp³-hybridized carbons (Fsp3) is 0. The second-order valence-electron chi connectivity index (χ2n) is 12.7. The van der Waals surface area contributed by atoms with Gasteiger partial charge in [0.05, 0.1) is 5.56 Å². The Kier molecular flexibility index (Phi) is 5.86.